The molecule has 1 saturated carbocycles. The van der Waals surface area contributed by atoms with Gasteiger partial charge in [0, 0.05) is 18.2 Å². The molecule has 2 atom stereocenters. The monoisotopic (exact) mass is 299 g/mol. The van der Waals surface area contributed by atoms with Crippen LogP contribution in [0.15, 0.2) is 34.7 Å². The molecule has 0 amide bonds. The van der Waals surface area contributed by atoms with Gasteiger partial charge in [-0.25, -0.2) is 0 Å². The molecule has 0 spiro atoms. The zero-order chi connectivity index (χ0) is 14.8. The molecule has 1 saturated heterocycles. The molecule has 2 unspecified atom stereocenters. The SMILES string of the molecule is c1ccc(-c2nnc(CN3CCOC4CCCCC43)o2)cc1. The van der Waals surface area contributed by atoms with Crippen LogP contribution in [0.4, 0.5) is 0 Å². The Kier molecular flexibility index (Phi) is 3.91. The summed E-state index contributed by atoms with van der Waals surface area (Å²) in [6.07, 6.45) is 5.36. The zero-order valence-electron chi connectivity index (χ0n) is 12.6. The second-order valence-electron chi connectivity index (χ2n) is 6.10. The molecule has 1 aliphatic carbocycles. The van der Waals surface area contributed by atoms with Crippen LogP contribution in [0.25, 0.3) is 11.5 Å². The smallest absolute Gasteiger partial charge is 0.247 e. The largest absolute Gasteiger partial charge is 0.419 e. The van der Waals surface area contributed by atoms with Gasteiger partial charge in [0.2, 0.25) is 11.8 Å². The van der Waals surface area contributed by atoms with Crippen molar-refractivity contribution in [2.75, 3.05) is 13.2 Å². The Labute approximate surface area is 130 Å². The minimum Gasteiger partial charge on any atom is -0.419 e. The Morgan fingerprint density at radius 1 is 1.09 bits per heavy atom. The van der Waals surface area contributed by atoms with Gasteiger partial charge in [0.15, 0.2) is 0 Å². The second-order valence-corrected chi connectivity index (χ2v) is 6.10. The average molecular weight is 299 g/mol. The lowest BCUT2D eigenvalue weighted by molar-refractivity contribution is -0.0930. The van der Waals surface area contributed by atoms with E-state index < -0.39 is 0 Å². The van der Waals surface area contributed by atoms with Gasteiger partial charge in [-0.1, -0.05) is 31.0 Å². The highest BCUT2D eigenvalue weighted by atomic mass is 16.5. The van der Waals surface area contributed by atoms with Crippen LogP contribution < -0.4 is 0 Å². The third kappa shape index (κ3) is 2.78. The lowest BCUT2D eigenvalue weighted by Gasteiger charge is -2.43. The van der Waals surface area contributed by atoms with Gasteiger partial charge in [-0.15, -0.1) is 10.2 Å². The molecular weight excluding hydrogens is 278 g/mol. The third-order valence-electron chi connectivity index (χ3n) is 4.67. The van der Waals surface area contributed by atoms with Crippen LogP contribution in [-0.2, 0) is 11.3 Å². The van der Waals surface area contributed by atoms with E-state index in [0.29, 0.717) is 23.9 Å². The Morgan fingerprint density at radius 2 is 1.95 bits per heavy atom. The van der Waals surface area contributed by atoms with Crippen molar-refractivity contribution in [3.8, 4) is 11.5 Å². The zero-order valence-corrected chi connectivity index (χ0v) is 12.6. The lowest BCUT2D eigenvalue weighted by Crippen LogP contribution is -2.52. The van der Waals surface area contributed by atoms with Crippen LogP contribution in [0.2, 0.25) is 0 Å². The highest BCUT2D eigenvalue weighted by Gasteiger charge is 2.34. The number of hydrogen-bond acceptors (Lipinski definition) is 5. The van der Waals surface area contributed by atoms with Crippen molar-refractivity contribution >= 4 is 0 Å². The van der Waals surface area contributed by atoms with Gasteiger partial charge < -0.3 is 9.15 Å². The van der Waals surface area contributed by atoms with Gasteiger partial charge >= 0.3 is 0 Å². The molecule has 2 fully saturated rings. The summed E-state index contributed by atoms with van der Waals surface area (Å²) < 4.78 is 11.8. The number of morpholine rings is 1. The number of hydrogen-bond donors (Lipinski definition) is 0. The second kappa shape index (κ2) is 6.18. The molecule has 2 heterocycles. The van der Waals surface area contributed by atoms with E-state index in [9.17, 15) is 0 Å². The Bertz CT molecular complexity index is 611. The van der Waals surface area contributed by atoms with Crippen LogP contribution >= 0.6 is 0 Å². The number of ether oxygens (including phenoxy) is 1. The predicted octanol–water partition coefficient (Wildman–Crippen LogP) is 2.88. The maximum Gasteiger partial charge on any atom is 0.247 e. The summed E-state index contributed by atoms with van der Waals surface area (Å²) in [6, 6.07) is 10.4. The number of benzene rings is 1. The molecule has 5 heteroatoms. The van der Waals surface area contributed by atoms with Crippen LogP contribution in [0.3, 0.4) is 0 Å². The van der Waals surface area contributed by atoms with Gasteiger partial charge in [0.05, 0.1) is 19.3 Å². The van der Waals surface area contributed by atoms with Gasteiger partial charge in [-0.05, 0) is 25.0 Å². The van der Waals surface area contributed by atoms with E-state index in [1.807, 2.05) is 30.3 Å². The summed E-state index contributed by atoms with van der Waals surface area (Å²) in [7, 11) is 0. The molecule has 2 aliphatic rings. The molecule has 1 aliphatic heterocycles. The topological polar surface area (TPSA) is 51.4 Å². The van der Waals surface area contributed by atoms with Crippen molar-refractivity contribution in [2.45, 2.75) is 44.4 Å². The molecule has 116 valence electrons. The van der Waals surface area contributed by atoms with Crippen molar-refractivity contribution in [1.82, 2.24) is 15.1 Å². The molecule has 4 rings (SSSR count). The first-order valence-electron chi connectivity index (χ1n) is 8.13. The molecule has 22 heavy (non-hydrogen) atoms. The summed E-state index contributed by atoms with van der Waals surface area (Å²) in [4.78, 5) is 2.45. The van der Waals surface area contributed by atoms with E-state index in [2.05, 4.69) is 15.1 Å². The van der Waals surface area contributed by atoms with E-state index in [0.717, 1.165) is 25.3 Å². The molecule has 0 radical (unpaired) electrons. The van der Waals surface area contributed by atoms with Crippen LogP contribution in [0, 0.1) is 0 Å². The number of rotatable bonds is 3. The van der Waals surface area contributed by atoms with Gasteiger partial charge in [-0.2, -0.15) is 0 Å². The van der Waals surface area contributed by atoms with Gasteiger partial charge in [0.25, 0.3) is 0 Å². The highest BCUT2D eigenvalue weighted by molar-refractivity contribution is 5.51. The molecule has 1 aromatic carbocycles. The first kappa shape index (κ1) is 13.9. The van der Waals surface area contributed by atoms with Crippen molar-refractivity contribution in [3.05, 3.63) is 36.2 Å². The fourth-order valence-corrected chi connectivity index (χ4v) is 3.56. The molecule has 5 nitrogen and oxygen atoms in total. The summed E-state index contributed by atoms with van der Waals surface area (Å²) in [5.41, 5.74) is 0.971. The van der Waals surface area contributed by atoms with E-state index in [4.69, 9.17) is 9.15 Å². The van der Waals surface area contributed by atoms with E-state index >= 15 is 0 Å². The number of nitrogens with zero attached hydrogens (tertiary/aromatic N) is 3. The Morgan fingerprint density at radius 3 is 2.86 bits per heavy atom. The molecule has 0 N–H and O–H groups in total. The normalized spacial score (nSPS) is 25.8. The summed E-state index contributed by atoms with van der Waals surface area (Å²) >= 11 is 0. The minimum absolute atomic E-state index is 0.388. The maximum atomic E-state index is 5.92. The van der Waals surface area contributed by atoms with E-state index in [-0.39, 0.29) is 0 Å². The Balaban J connectivity index is 1.48. The van der Waals surface area contributed by atoms with Crippen molar-refractivity contribution in [1.29, 1.82) is 0 Å². The first-order valence-corrected chi connectivity index (χ1v) is 8.13. The summed E-state index contributed by atoms with van der Waals surface area (Å²) in [6.45, 7) is 2.48. The summed E-state index contributed by atoms with van der Waals surface area (Å²) in [5, 5.41) is 8.41. The van der Waals surface area contributed by atoms with E-state index in [1.165, 1.54) is 25.7 Å². The predicted molar refractivity (Wildman–Crippen MR) is 82.1 cm³/mol. The number of fused-ring (bicyclic) bond motifs is 1. The summed E-state index contributed by atoms with van der Waals surface area (Å²) in [5.74, 6) is 1.30. The molecule has 2 aromatic rings. The van der Waals surface area contributed by atoms with Gasteiger partial charge in [0.1, 0.15) is 0 Å². The lowest BCUT2D eigenvalue weighted by atomic mass is 9.90. The quantitative estimate of drug-likeness (QED) is 0.872. The highest BCUT2D eigenvalue weighted by Crippen LogP contribution is 2.29. The van der Waals surface area contributed by atoms with Gasteiger partial charge in [-0.3, -0.25) is 4.90 Å². The fraction of sp³-hybridized carbons (Fsp3) is 0.529. The first-order chi connectivity index (χ1) is 10.9. The van der Waals surface area contributed by atoms with Crippen molar-refractivity contribution in [2.24, 2.45) is 0 Å². The molecule has 1 aromatic heterocycles. The van der Waals surface area contributed by atoms with Crippen LogP contribution in [-0.4, -0.2) is 40.4 Å². The third-order valence-corrected chi connectivity index (χ3v) is 4.67. The van der Waals surface area contributed by atoms with E-state index in [1.54, 1.807) is 0 Å². The minimum atomic E-state index is 0.388. The standard InChI is InChI=1S/C17H21N3O2/c1-2-6-13(7-3-1)17-19-18-16(22-17)12-20-10-11-21-15-9-5-4-8-14(15)20/h1-3,6-7,14-15H,4-5,8-12H2. The Hall–Kier alpha value is -1.72. The van der Waals surface area contributed by atoms with Crippen molar-refractivity contribution in [3.63, 3.8) is 0 Å². The van der Waals surface area contributed by atoms with Crippen LogP contribution in [0.5, 0.6) is 0 Å². The van der Waals surface area contributed by atoms with Crippen molar-refractivity contribution < 1.29 is 9.15 Å². The fourth-order valence-electron chi connectivity index (χ4n) is 3.56. The maximum absolute atomic E-state index is 5.92. The molecule has 0 bridgehead atoms. The average Bonchev–Trinajstić information content (AvgIpc) is 3.05. The number of aromatic nitrogens is 2. The van der Waals surface area contributed by atoms with Crippen LogP contribution in [0.1, 0.15) is 31.6 Å². The molecular formula is C17H21N3O2.